The Hall–Kier alpha value is -2.66. The van der Waals surface area contributed by atoms with Gasteiger partial charge in [0.2, 0.25) is 0 Å². The molecule has 2 rings (SSSR count). The zero-order chi connectivity index (χ0) is 17.4. The number of esters is 1. The van der Waals surface area contributed by atoms with E-state index in [1.165, 1.54) is 6.92 Å². The van der Waals surface area contributed by atoms with E-state index in [0.717, 1.165) is 5.56 Å². The Balaban J connectivity index is 1.98. The lowest BCUT2D eigenvalue weighted by Crippen LogP contribution is -2.06. The van der Waals surface area contributed by atoms with Gasteiger partial charge in [-0.1, -0.05) is 12.1 Å². The second-order valence-corrected chi connectivity index (χ2v) is 5.21. The lowest BCUT2D eigenvalue weighted by atomic mass is 10.0. The molecule has 2 aromatic carbocycles. The van der Waals surface area contributed by atoms with Crippen LogP contribution in [0, 0.1) is 0 Å². The first-order chi connectivity index (χ1) is 11.6. The molecule has 24 heavy (non-hydrogen) atoms. The highest BCUT2D eigenvalue weighted by Crippen LogP contribution is 2.17. The third-order valence-corrected chi connectivity index (χ3v) is 3.26. The lowest BCUT2D eigenvalue weighted by Gasteiger charge is -2.08. The van der Waals surface area contributed by atoms with E-state index >= 15 is 0 Å². The molecule has 126 valence electrons. The van der Waals surface area contributed by atoms with Gasteiger partial charge in [-0.05, 0) is 42.0 Å². The number of ketones is 1. The van der Waals surface area contributed by atoms with Gasteiger partial charge in [-0.3, -0.25) is 9.59 Å². The Morgan fingerprint density at radius 2 is 1.71 bits per heavy atom. The number of carbonyl (C=O) groups excluding carboxylic acids is 2. The average molecular weight is 328 g/mol. The van der Waals surface area contributed by atoms with E-state index in [9.17, 15) is 9.59 Å². The van der Waals surface area contributed by atoms with Crippen molar-refractivity contribution in [2.24, 2.45) is 0 Å². The molecule has 0 saturated heterocycles. The van der Waals surface area contributed by atoms with E-state index in [1.807, 2.05) is 24.3 Å². The Labute approximate surface area is 141 Å². The first-order valence-electron chi connectivity index (χ1n) is 7.61. The van der Waals surface area contributed by atoms with Gasteiger partial charge in [0, 0.05) is 26.0 Å². The van der Waals surface area contributed by atoms with Crippen molar-refractivity contribution >= 4 is 11.8 Å². The van der Waals surface area contributed by atoms with Crippen LogP contribution < -0.4 is 9.47 Å². The quantitative estimate of drug-likeness (QED) is 0.322. The summed E-state index contributed by atoms with van der Waals surface area (Å²) in [6.07, 6.45) is 0.272. The molecule has 0 aliphatic rings. The fourth-order valence-electron chi connectivity index (χ4n) is 2.15. The molecule has 0 aromatic heterocycles. The molecule has 0 unspecified atom stereocenters. The van der Waals surface area contributed by atoms with Crippen LogP contribution in [0.4, 0.5) is 0 Å². The smallest absolute Gasteiger partial charge is 0.308 e. The molecule has 0 spiro atoms. The first-order valence-corrected chi connectivity index (χ1v) is 7.61. The highest BCUT2D eigenvalue weighted by molar-refractivity contribution is 5.97. The number of Topliss-reactive ketones (excluding diaryl/α,β-unsaturated/α-hetero) is 1. The second-order valence-electron chi connectivity index (χ2n) is 5.21. The van der Waals surface area contributed by atoms with Crippen molar-refractivity contribution in [2.75, 3.05) is 20.3 Å². The van der Waals surface area contributed by atoms with E-state index in [4.69, 9.17) is 14.2 Å². The Kier molecular flexibility index (Phi) is 6.51. The number of ether oxygens (including phenoxy) is 3. The van der Waals surface area contributed by atoms with Gasteiger partial charge in [0.15, 0.2) is 5.78 Å². The molecule has 0 aliphatic carbocycles. The minimum absolute atomic E-state index is 0.0154. The van der Waals surface area contributed by atoms with Crippen molar-refractivity contribution in [3.63, 3.8) is 0 Å². The predicted molar refractivity (Wildman–Crippen MR) is 89.6 cm³/mol. The van der Waals surface area contributed by atoms with Crippen LogP contribution in [0.25, 0.3) is 0 Å². The summed E-state index contributed by atoms with van der Waals surface area (Å²) in [5, 5.41) is 0. The Bertz CT molecular complexity index is 691. The molecule has 2 aromatic rings. The van der Waals surface area contributed by atoms with Crippen molar-refractivity contribution in [3.8, 4) is 11.5 Å². The average Bonchev–Trinajstić information content (AvgIpc) is 2.55. The number of carbonyl (C=O) groups is 2. The molecule has 0 saturated carbocycles. The molecule has 0 heterocycles. The van der Waals surface area contributed by atoms with Crippen LogP contribution in [-0.2, 0) is 16.0 Å². The van der Waals surface area contributed by atoms with Gasteiger partial charge in [-0.25, -0.2) is 0 Å². The number of benzene rings is 2. The fourth-order valence-corrected chi connectivity index (χ4v) is 2.15. The monoisotopic (exact) mass is 328 g/mol. The highest BCUT2D eigenvalue weighted by atomic mass is 16.5. The van der Waals surface area contributed by atoms with Gasteiger partial charge in [-0.2, -0.15) is 0 Å². The third kappa shape index (κ3) is 5.52. The van der Waals surface area contributed by atoms with E-state index in [-0.39, 0.29) is 18.2 Å². The van der Waals surface area contributed by atoms with Crippen molar-refractivity contribution < 1.29 is 23.8 Å². The Morgan fingerprint density at radius 3 is 2.38 bits per heavy atom. The van der Waals surface area contributed by atoms with E-state index in [0.29, 0.717) is 30.3 Å². The molecule has 0 atom stereocenters. The normalized spacial score (nSPS) is 10.2. The summed E-state index contributed by atoms with van der Waals surface area (Å²) in [6, 6.07) is 14.0. The van der Waals surface area contributed by atoms with Crippen LogP contribution in [0.5, 0.6) is 11.5 Å². The molecular weight excluding hydrogens is 308 g/mol. The van der Waals surface area contributed by atoms with Crippen LogP contribution in [0.15, 0.2) is 48.5 Å². The molecular formula is C19H20O5. The summed E-state index contributed by atoms with van der Waals surface area (Å²) < 4.78 is 15.4. The zero-order valence-corrected chi connectivity index (χ0v) is 13.8. The molecule has 0 radical (unpaired) electrons. The van der Waals surface area contributed by atoms with Gasteiger partial charge in [0.25, 0.3) is 0 Å². The summed E-state index contributed by atoms with van der Waals surface area (Å²) in [5.74, 6) is 0.730. The summed E-state index contributed by atoms with van der Waals surface area (Å²) >= 11 is 0. The minimum atomic E-state index is -0.389. The van der Waals surface area contributed by atoms with Gasteiger partial charge in [0.1, 0.15) is 18.1 Å². The first kappa shape index (κ1) is 17.7. The van der Waals surface area contributed by atoms with Crippen molar-refractivity contribution in [1.82, 2.24) is 0 Å². The highest BCUT2D eigenvalue weighted by Gasteiger charge is 2.09. The molecule has 0 aliphatic heterocycles. The summed E-state index contributed by atoms with van der Waals surface area (Å²) in [7, 11) is 1.62. The van der Waals surface area contributed by atoms with Gasteiger partial charge in [-0.15, -0.1) is 0 Å². The molecule has 0 amide bonds. The molecule has 5 heteroatoms. The number of hydrogen-bond acceptors (Lipinski definition) is 5. The standard InChI is InChI=1S/C19H20O5/c1-14(20)24-17-8-6-16(7-9-17)19(21)13-15-4-3-5-18(12-15)23-11-10-22-2/h3-9,12H,10-11,13H2,1-2H3. The number of hydrogen-bond donors (Lipinski definition) is 0. The van der Waals surface area contributed by atoms with Gasteiger partial charge in [0.05, 0.1) is 6.61 Å². The minimum Gasteiger partial charge on any atom is -0.491 e. The predicted octanol–water partition coefficient (Wildman–Crippen LogP) is 3.06. The van der Waals surface area contributed by atoms with Crippen molar-refractivity contribution in [3.05, 3.63) is 59.7 Å². The van der Waals surface area contributed by atoms with Crippen LogP contribution in [0.1, 0.15) is 22.8 Å². The van der Waals surface area contributed by atoms with Crippen molar-refractivity contribution in [2.45, 2.75) is 13.3 Å². The van der Waals surface area contributed by atoms with E-state index in [1.54, 1.807) is 31.4 Å². The third-order valence-electron chi connectivity index (χ3n) is 3.26. The van der Waals surface area contributed by atoms with E-state index < -0.39 is 0 Å². The van der Waals surface area contributed by atoms with Crippen LogP contribution >= 0.6 is 0 Å². The summed E-state index contributed by atoms with van der Waals surface area (Å²) in [5.41, 5.74) is 1.44. The fraction of sp³-hybridized carbons (Fsp3) is 0.263. The maximum Gasteiger partial charge on any atom is 0.308 e. The Morgan fingerprint density at radius 1 is 0.958 bits per heavy atom. The molecule has 5 nitrogen and oxygen atoms in total. The lowest BCUT2D eigenvalue weighted by molar-refractivity contribution is -0.131. The van der Waals surface area contributed by atoms with Crippen LogP contribution in [0.3, 0.4) is 0 Å². The molecule has 0 fully saturated rings. The molecule has 0 bridgehead atoms. The zero-order valence-electron chi connectivity index (χ0n) is 13.8. The number of methoxy groups -OCH3 is 1. The van der Waals surface area contributed by atoms with Gasteiger partial charge < -0.3 is 14.2 Å². The van der Waals surface area contributed by atoms with Crippen LogP contribution in [-0.4, -0.2) is 32.1 Å². The van der Waals surface area contributed by atoms with E-state index in [2.05, 4.69) is 0 Å². The van der Waals surface area contributed by atoms with Crippen LogP contribution in [0.2, 0.25) is 0 Å². The van der Waals surface area contributed by atoms with Crippen molar-refractivity contribution in [1.29, 1.82) is 0 Å². The largest absolute Gasteiger partial charge is 0.491 e. The SMILES string of the molecule is COCCOc1cccc(CC(=O)c2ccc(OC(C)=O)cc2)c1. The second kappa shape index (κ2) is 8.84. The maximum atomic E-state index is 12.4. The van der Waals surface area contributed by atoms with Gasteiger partial charge >= 0.3 is 5.97 Å². The maximum absolute atomic E-state index is 12.4. The topological polar surface area (TPSA) is 61.8 Å². The summed E-state index contributed by atoms with van der Waals surface area (Å²) in [4.78, 5) is 23.2. The summed E-state index contributed by atoms with van der Waals surface area (Å²) in [6.45, 7) is 2.31. The molecule has 0 N–H and O–H groups in total. The number of rotatable bonds is 8.